The van der Waals surface area contributed by atoms with E-state index in [1.54, 1.807) is 25.2 Å². The topological polar surface area (TPSA) is 43.8 Å². The van der Waals surface area contributed by atoms with Gasteiger partial charge < -0.3 is 5.73 Å². The summed E-state index contributed by atoms with van der Waals surface area (Å²) in [7, 11) is 1.71. The third kappa shape index (κ3) is 2.20. The van der Waals surface area contributed by atoms with Crippen molar-refractivity contribution in [2.75, 3.05) is 5.73 Å². The summed E-state index contributed by atoms with van der Waals surface area (Å²) in [6.45, 7) is 4.06. The van der Waals surface area contributed by atoms with Gasteiger partial charge in [-0.05, 0) is 23.6 Å². The molecule has 1 aromatic heterocycles. The molecule has 0 amide bonds. The lowest BCUT2D eigenvalue weighted by atomic mass is 9.99. The standard InChI is InChI=1S/C13H15ClFN3/c1-7(2)8-4-9(13(15)10(14)5-8)11-6-12(16)18(3)17-11/h4-7H,16H2,1-3H3. The molecule has 0 saturated carbocycles. The Labute approximate surface area is 110 Å². The number of hydrogen-bond donors (Lipinski definition) is 1. The Balaban J connectivity index is 2.62. The molecular weight excluding hydrogens is 253 g/mol. The fourth-order valence-corrected chi connectivity index (χ4v) is 1.97. The predicted molar refractivity (Wildman–Crippen MR) is 72.1 cm³/mol. The van der Waals surface area contributed by atoms with Gasteiger partial charge in [0.25, 0.3) is 0 Å². The third-order valence-corrected chi connectivity index (χ3v) is 3.18. The molecule has 0 aliphatic heterocycles. The minimum Gasteiger partial charge on any atom is -0.384 e. The molecule has 0 unspecified atom stereocenters. The molecule has 0 atom stereocenters. The van der Waals surface area contributed by atoms with Gasteiger partial charge in [-0.15, -0.1) is 0 Å². The number of nitrogen functional groups attached to an aromatic ring is 1. The van der Waals surface area contributed by atoms with Crippen LogP contribution in [0.15, 0.2) is 18.2 Å². The Kier molecular flexibility index (Phi) is 3.30. The molecule has 5 heteroatoms. The quantitative estimate of drug-likeness (QED) is 0.904. The summed E-state index contributed by atoms with van der Waals surface area (Å²) in [5.41, 5.74) is 7.57. The second kappa shape index (κ2) is 4.61. The number of aryl methyl sites for hydroxylation is 1. The van der Waals surface area contributed by atoms with E-state index < -0.39 is 5.82 Å². The largest absolute Gasteiger partial charge is 0.384 e. The lowest BCUT2D eigenvalue weighted by molar-refractivity contribution is 0.629. The zero-order valence-electron chi connectivity index (χ0n) is 10.5. The van der Waals surface area contributed by atoms with Gasteiger partial charge in [0.2, 0.25) is 0 Å². The van der Waals surface area contributed by atoms with Crippen LogP contribution in [0, 0.1) is 5.82 Å². The van der Waals surface area contributed by atoms with Gasteiger partial charge in [0.05, 0.1) is 10.7 Å². The van der Waals surface area contributed by atoms with Crippen LogP contribution in [0.3, 0.4) is 0 Å². The molecule has 3 nitrogen and oxygen atoms in total. The Morgan fingerprint density at radius 1 is 1.33 bits per heavy atom. The van der Waals surface area contributed by atoms with Crippen molar-refractivity contribution in [2.45, 2.75) is 19.8 Å². The van der Waals surface area contributed by atoms with Crippen LogP contribution in [0.1, 0.15) is 25.3 Å². The summed E-state index contributed by atoms with van der Waals surface area (Å²) in [6.07, 6.45) is 0. The van der Waals surface area contributed by atoms with Crippen molar-refractivity contribution in [1.82, 2.24) is 9.78 Å². The van der Waals surface area contributed by atoms with Crippen molar-refractivity contribution in [1.29, 1.82) is 0 Å². The lowest BCUT2D eigenvalue weighted by Gasteiger charge is -2.09. The normalized spacial score (nSPS) is 11.2. The van der Waals surface area contributed by atoms with Crippen molar-refractivity contribution >= 4 is 17.4 Å². The number of aromatic nitrogens is 2. The highest BCUT2D eigenvalue weighted by Crippen LogP contribution is 2.31. The first kappa shape index (κ1) is 12.9. The molecule has 0 aliphatic carbocycles. The molecule has 0 radical (unpaired) electrons. The van der Waals surface area contributed by atoms with E-state index in [1.165, 1.54) is 4.68 Å². The number of hydrogen-bond acceptors (Lipinski definition) is 2. The molecule has 0 bridgehead atoms. The number of anilines is 1. The maximum absolute atomic E-state index is 14.0. The average molecular weight is 268 g/mol. The number of nitrogens with zero attached hydrogens (tertiary/aromatic N) is 2. The molecular formula is C13H15ClFN3. The van der Waals surface area contributed by atoms with E-state index in [1.807, 2.05) is 13.8 Å². The predicted octanol–water partition coefficient (Wildman–Crippen LogP) is 3.59. The Bertz CT molecular complexity index is 571. The SMILES string of the molecule is CC(C)c1cc(Cl)c(F)c(-c2cc(N)n(C)n2)c1. The van der Waals surface area contributed by atoms with Crippen LogP contribution in [0.2, 0.25) is 5.02 Å². The summed E-state index contributed by atoms with van der Waals surface area (Å²) in [5.74, 6) is 0.289. The van der Waals surface area contributed by atoms with Gasteiger partial charge in [-0.2, -0.15) is 5.10 Å². The van der Waals surface area contributed by atoms with E-state index in [2.05, 4.69) is 5.10 Å². The molecule has 0 saturated heterocycles. The monoisotopic (exact) mass is 267 g/mol. The molecule has 18 heavy (non-hydrogen) atoms. The lowest BCUT2D eigenvalue weighted by Crippen LogP contribution is -1.97. The smallest absolute Gasteiger partial charge is 0.151 e. The third-order valence-electron chi connectivity index (χ3n) is 2.91. The summed E-state index contributed by atoms with van der Waals surface area (Å²) >= 11 is 5.92. The molecule has 0 aliphatic rings. The molecule has 2 N–H and O–H groups in total. The van der Waals surface area contributed by atoms with E-state index >= 15 is 0 Å². The number of halogens is 2. The highest BCUT2D eigenvalue weighted by molar-refractivity contribution is 6.31. The van der Waals surface area contributed by atoms with Crippen LogP contribution in [0.25, 0.3) is 11.3 Å². The van der Waals surface area contributed by atoms with Crippen LogP contribution < -0.4 is 5.73 Å². The van der Waals surface area contributed by atoms with Gasteiger partial charge >= 0.3 is 0 Å². The molecule has 0 fully saturated rings. The van der Waals surface area contributed by atoms with Crippen molar-refractivity contribution in [3.63, 3.8) is 0 Å². The second-order valence-electron chi connectivity index (χ2n) is 4.60. The van der Waals surface area contributed by atoms with Gasteiger partial charge in [0, 0.05) is 18.7 Å². The van der Waals surface area contributed by atoms with E-state index in [4.69, 9.17) is 17.3 Å². The Hall–Kier alpha value is -1.55. The summed E-state index contributed by atoms with van der Waals surface area (Å²) in [6, 6.07) is 5.06. The van der Waals surface area contributed by atoms with E-state index in [-0.39, 0.29) is 10.9 Å². The van der Waals surface area contributed by atoms with Crippen LogP contribution in [0.5, 0.6) is 0 Å². The van der Waals surface area contributed by atoms with E-state index in [0.717, 1.165) is 5.56 Å². The average Bonchev–Trinajstić information content (AvgIpc) is 2.62. The molecule has 1 heterocycles. The van der Waals surface area contributed by atoms with Crippen LogP contribution >= 0.6 is 11.6 Å². The minimum atomic E-state index is -0.459. The number of rotatable bonds is 2. The van der Waals surface area contributed by atoms with Crippen LogP contribution in [0.4, 0.5) is 10.2 Å². The number of benzene rings is 1. The molecule has 2 rings (SSSR count). The fourth-order valence-electron chi connectivity index (χ4n) is 1.74. The molecule has 0 spiro atoms. The van der Waals surface area contributed by atoms with Gasteiger partial charge in [0.15, 0.2) is 5.82 Å². The van der Waals surface area contributed by atoms with Gasteiger partial charge in [-0.25, -0.2) is 4.39 Å². The van der Waals surface area contributed by atoms with Gasteiger partial charge in [-0.1, -0.05) is 25.4 Å². The first-order valence-electron chi connectivity index (χ1n) is 5.69. The Morgan fingerprint density at radius 3 is 2.50 bits per heavy atom. The zero-order chi connectivity index (χ0) is 13.4. The highest BCUT2D eigenvalue weighted by Gasteiger charge is 2.15. The zero-order valence-corrected chi connectivity index (χ0v) is 11.3. The maximum atomic E-state index is 14.0. The molecule has 1 aromatic carbocycles. The van der Waals surface area contributed by atoms with E-state index in [9.17, 15) is 4.39 Å². The van der Waals surface area contributed by atoms with Gasteiger partial charge in [0.1, 0.15) is 5.82 Å². The van der Waals surface area contributed by atoms with Crippen molar-refractivity contribution in [3.8, 4) is 11.3 Å². The molecule has 96 valence electrons. The van der Waals surface area contributed by atoms with Gasteiger partial charge in [-0.3, -0.25) is 4.68 Å². The van der Waals surface area contributed by atoms with Crippen molar-refractivity contribution < 1.29 is 4.39 Å². The number of nitrogens with two attached hydrogens (primary N) is 1. The van der Waals surface area contributed by atoms with Crippen molar-refractivity contribution in [3.05, 3.63) is 34.6 Å². The van der Waals surface area contributed by atoms with Crippen LogP contribution in [-0.2, 0) is 7.05 Å². The van der Waals surface area contributed by atoms with Crippen molar-refractivity contribution in [2.24, 2.45) is 7.05 Å². The fraction of sp³-hybridized carbons (Fsp3) is 0.308. The minimum absolute atomic E-state index is 0.112. The molecule has 2 aromatic rings. The highest BCUT2D eigenvalue weighted by atomic mass is 35.5. The first-order chi connectivity index (χ1) is 8.40. The van der Waals surface area contributed by atoms with E-state index in [0.29, 0.717) is 17.1 Å². The second-order valence-corrected chi connectivity index (χ2v) is 5.00. The summed E-state index contributed by atoms with van der Waals surface area (Å²) < 4.78 is 15.6. The first-order valence-corrected chi connectivity index (χ1v) is 6.06. The maximum Gasteiger partial charge on any atom is 0.151 e. The van der Waals surface area contributed by atoms with Crippen LogP contribution in [-0.4, -0.2) is 9.78 Å². The Morgan fingerprint density at radius 2 is 2.00 bits per heavy atom. The summed E-state index contributed by atoms with van der Waals surface area (Å²) in [5, 5.41) is 4.29. The summed E-state index contributed by atoms with van der Waals surface area (Å²) in [4.78, 5) is 0.